The number of halogens is 1. The Kier molecular flexibility index (Phi) is 3.44. The van der Waals surface area contributed by atoms with E-state index in [1.54, 1.807) is 0 Å². The van der Waals surface area contributed by atoms with Crippen molar-refractivity contribution in [2.24, 2.45) is 5.92 Å². The number of benzene rings is 1. The van der Waals surface area contributed by atoms with Crippen molar-refractivity contribution < 1.29 is 9.90 Å². The molecule has 1 aliphatic heterocycles. The number of aliphatic carboxylic acids is 1. The molecule has 0 saturated heterocycles. The van der Waals surface area contributed by atoms with Gasteiger partial charge in [-0.25, -0.2) is 0 Å². The molecule has 1 aromatic heterocycles. The highest BCUT2D eigenvalue weighted by Gasteiger charge is 2.27. The topological polar surface area (TPSA) is 68.0 Å². The SMILES string of the molecule is O=C(O)C1CCn2c(Cc3ccccc3Cl)nnc2C1. The van der Waals surface area contributed by atoms with Gasteiger partial charge in [-0.2, -0.15) is 0 Å². The van der Waals surface area contributed by atoms with Crippen LogP contribution >= 0.6 is 11.6 Å². The maximum atomic E-state index is 11.0. The van der Waals surface area contributed by atoms with Crippen molar-refractivity contribution in [2.75, 3.05) is 0 Å². The zero-order valence-electron chi connectivity index (χ0n) is 10.8. The largest absolute Gasteiger partial charge is 0.481 e. The van der Waals surface area contributed by atoms with Crippen molar-refractivity contribution in [3.8, 4) is 0 Å². The molecule has 0 radical (unpaired) electrons. The second-order valence-electron chi connectivity index (χ2n) is 4.98. The zero-order chi connectivity index (χ0) is 14.1. The number of fused-ring (bicyclic) bond motifs is 1. The molecule has 104 valence electrons. The smallest absolute Gasteiger partial charge is 0.307 e. The number of hydrogen-bond donors (Lipinski definition) is 1. The first-order valence-electron chi connectivity index (χ1n) is 6.52. The molecule has 0 bridgehead atoms. The summed E-state index contributed by atoms with van der Waals surface area (Å²) in [6, 6.07) is 7.65. The van der Waals surface area contributed by atoms with E-state index in [2.05, 4.69) is 10.2 Å². The van der Waals surface area contributed by atoms with Gasteiger partial charge in [0.2, 0.25) is 0 Å². The summed E-state index contributed by atoms with van der Waals surface area (Å²) in [5.74, 6) is 0.495. The predicted octanol–water partition coefficient (Wildman–Crippen LogP) is 2.17. The maximum Gasteiger partial charge on any atom is 0.307 e. The third kappa shape index (κ3) is 2.41. The van der Waals surface area contributed by atoms with Gasteiger partial charge in [0.15, 0.2) is 0 Å². The molecular formula is C14H14ClN3O2. The molecule has 0 aliphatic carbocycles. The van der Waals surface area contributed by atoms with E-state index in [-0.39, 0.29) is 5.92 Å². The minimum atomic E-state index is -0.757. The van der Waals surface area contributed by atoms with Crippen molar-refractivity contribution in [1.82, 2.24) is 14.8 Å². The average molecular weight is 292 g/mol. The summed E-state index contributed by atoms with van der Waals surface area (Å²) in [7, 11) is 0. The van der Waals surface area contributed by atoms with Crippen LogP contribution in [0.3, 0.4) is 0 Å². The molecule has 5 nitrogen and oxygen atoms in total. The Morgan fingerprint density at radius 1 is 1.40 bits per heavy atom. The van der Waals surface area contributed by atoms with E-state index in [1.165, 1.54) is 0 Å². The van der Waals surface area contributed by atoms with Crippen LogP contribution in [0.25, 0.3) is 0 Å². The standard InChI is InChI=1S/C14H14ClN3O2/c15-11-4-2-1-3-9(11)7-12-16-17-13-8-10(14(19)20)5-6-18(12)13/h1-4,10H,5-8H2,(H,19,20). The van der Waals surface area contributed by atoms with E-state index in [1.807, 2.05) is 28.8 Å². The lowest BCUT2D eigenvalue weighted by molar-refractivity contribution is -0.142. The fourth-order valence-corrected chi connectivity index (χ4v) is 2.75. The number of rotatable bonds is 3. The molecule has 0 amide bonds. The van der Waals surface area contributed by atoms with Gasteiger partial charge in [-0.15, -0.1) is 10.2 Å². The highest BCUT2D eigenvalue weighted by Crippen LogP contribution is 2.23. The summed E-state index contributed by atoms with van der Waals surface area (Å²) in [5.41, 5.74) is 1.00. The van der Waals surface area contributed by atoms with E-state index < -0.39 is 5.97 Å². The van der Waals surface area contributed by atoms with Crippen LogP contribution in [0.15, 0.2) is 24.3 Å². The molecule has 2 aromatic rings. The lowest BCUT2D eigenvalue weighted by Gasteiger charge is -2.20. The highest BCUT2D eigenvalue weighted by atomic mass is 35.5. The zero-order valence-corrected chi connectivity index (χ0v) is 11.5. The molecule has 6 heteroatoms. The summed E-state index contributed by atoms with van der Waals surface area (Å²) in [6.07, 6.45) is 1.69. The first-order chi connectivity index (χ1) is 9.65. The number of hydrogen-bond acceptors (Lipinski definition) is 3. The van der Waals surface area contributed by atoms with Crippen molar-refractivity contribution >= 4 is 17.6 Å². The Bertz CT molecular complexity index is 654. The number of aromatic nitrogens is 3. The summed E-state index contributed by atoms with van der Waals surface area (Å²) in [4.78, 5) is 11.0. The fourth-order valence-electron chi connectivity index (χ4n) is 2.54. The number of carboxylic acids is 1. The Labute approximate surface area is 121 Å². The summed E-state index contributed by atoms with van der Waals surface area (Å²) >= 11 is 6.15. The third-order valence-corrected chi connectivity index (χ3v) is 4.06. The summed E-state index contributed by atoms with van der Waals surface area (Å²) in [6.45, 7) is 0.652. The molecule has 1 atom stereocenters. The first-order valence-corrected chi connectivity index (χ1v) is 6.90. The van der Waals surface area contributed by atoms with Crippen molar-refractivity contribution in [2.45, 2.75) is 25.8 Å². The fraction of sp³-hybridized carbons (Fsp3) is 0.357. The molecule has 1 aromatic carbocycles. The van der Waals surface area contributed by atoms with Gasteiger partial charge in [-0.05, 0) is 18.1 Å². The Hall–Kier alpha value is -1.88. The molecular weight excluding hydrogens is 278 g/mol. The van der Waals surface area contributed by atoms with Gasteiger partial charge in [0, 0.05) is 24.4 Å². The average Bonchev–Trinajstić information content (AvgIpc) is 2.84. The van der Waals surface area contributed by atoms with Crippen LogP contribution in [0.1, 0.15) is 23.6 Å². The predicted molar refractivity (Wildman–Crippen MR) is 73.7 cm³/mol. The lowest BCUT2D eigenvalue weighted by Crippen LogP contribution is -2.26. The van der Waals surface area contributed by atoms with Gasteiger partial charge in [0.25, 0.3) is 0 Å². The molecule has 3 rings (SSSR count). The monoisotopic (exact) mass is 291 g/mol. The van der Waals surface area contributed by atoms with Crippen LogP contribution in [0.4, 0.5) is 0 Å². The van der Waals surface area contributed by atoms with Crippen LogP contribution in [-0.4, -0.2) is 25.8 Å². The van der Waals surface area contributed by atoms with E-state index in [9.17, 15) is 4.79 Å². The minimum absolute atomic E-state index is 0.347. The van der Waals surface area contributed by atoms with Gasteiger partial charge in [0.05, 0.1) is 5.92 Å². The maximum absolute atomic E-state index is 11.0. The van der Waals surface area contributed by atoms with E-state index in [0.29, 0.717) is 30.8 Å². The van der Waals surface area contributed by atoms with Crippen molar-refractivity contribution in [3.05, 3.63) is 46.5 Å². The second kappa shape index (κ2) is 5.25. The molecule has 2 heterocycles. The Morgan fingerprint density at radius 2 is 2.20 bits per heavy atom. The molecule has 1 aliphatic rings. The summed E-state index contributed by atoms with van der Waals surface area (Å²) in [5, 5.41) is 18.1. The molecule has 0 spiro atoms. The minimum Gasteiger partial charge on any atom is -0.481 e. The van der Waals surface area contributed by atoms with Gasteiger partial charge in [-0.3, -0.25) is 4.79 Å². The van der Waals surface area contributed by atoms with Gasteiger partial charge in [-0.1, -0.05) is 29.8 Å². The number of carboxylic acid groups (broad SMARTS) is 1. The number of carbonyl (C=O) groups is 1. The number of nitrogens with zero attached hydrogens (tertiary/aromatic N) is 3. The van der Waals surface area contributed by atoms with E-state index in [4.69, 9.17) is 16.7 Å². The molecule has 20 heavy (non-hydrogen) atoms. The van der Waals surface area contributed by atoms with E-state index in [0.717, 1.165) is 17.2 Å². The van der Waals surface area contributed by atoms with E-state index >= 15 is 0 Å². The molecule has 1 N–H and O–H groups in total. The molecule has 0 fully saturated rings. The second-order valence-corrected chi connectivity index (χ2v) is 5.39. The first kappa shape index (κ1) is 13.1. The van der Waals surface area contributed by atoms with Crippen LogP contribution in [0, 0.1) is 5.92 Å². The Morgan fingerprint density at radius 3 is 2.95 bits per heavy atom. The van der Waals surface area contributed by atoms with Crippen LogP contribution in [0.2, 0.25) is 5.02 Å². The third-order valence-electron chi connectivity index (χ3n) is 3.69. The van der Waals surface area contributed by atoms with Crippen molar-refractivity contribution in [1.29, 1.82) is 0 Å². The highest BCUT2D eigenvalue weighted by molar-refractivity contribution is 6.31. The quantitative estimate of drug-likeness (QED) is 0.941. The van der Waals surface area contributed by atoms with Crippen molar-refractivity contribution in [3.63, 3.8) is 0 Å². The van der Waals surface area contributed by atoms with Gasteiger partial charge in [0.1, 0.15) is 11.6 Å². The van der Waals surface area contributed by atoms with Gasteiger partial charge >= 0.3 is 5.97 Å². The van der Waals surface area contributed by atoms with Gasteiger partial charge < -0.3 is 9.67 Å². The van der Waals surface area contributed by atoms with Crippen LogP contribution in [0.5, 0.6) is 0 Å². The van der Waals surface area contributed by atoms with Crippen LogP contribution in [-0.2, 0) is 24.2 Å². The molecule has 1 unspecified atom stereocenters. The Balaban J connectivity index is 1.84. The normalized spacial score (nSPS) is 17.8. The lowest BCUT2D eigenvalue weighted by atomic mass is 9.98. The summed E-state index contributed by atoms with van der Waals surface area (Å²) < 4.78 is 2.02. The molecule has 0 saturated carbocycles. The van der Waals surface area contributed by atoms with Crippen LogP contribution < -0.4 is 0 Å².